The molecule has 0 aromatic carbocycles. The van der Waals surface area contributed by atoms with Crippen LogP contribution in [0.25, 0.3) is 0 Å². The van der Waals surface area contributed by atoms with Gasteiger partial charge in [0.2, 0.25) is 0 Å². The number of rotatable bonds is 1. The summed E-state index contributed by atoms with van der Waals surface area (Å²) in [5.74, 6) is -0.998. The van der Waals surface area contributed by atoms with E-state index < -0.39 is 17.9 Å². The van der Waals surface area contributed by atoms with E-state index >= 15 is 0 Å². The molecule has 0 aromatic rings. The molecule has 1 saturated heterocycles. The molecule has 0 bridgehead atoms. The molecule has 2 aliphatic rings. The van der Waals surface area contributed by atoms with E-state index in [9.17, 15) is 4.79 Å². The fourth-order valence-electron chi connectivity index (χ4n) is 2.84. The number of aliphatic carboxylic acids is 1. The van der Waals surface area contributed by atoms with Crippen LogP contribution in [0.1, 0.15) is 46.0 Å². The molecule has 1 N–H and O–H groups in total. The average Bonchev–Trinajstić information content (AvgIpc) is 2.39. The molecule has 16 heavy (non-hydrogen) atoms. The van der Waals surface area contributed by atoms with Crippen molar-refractivity contribution in [1.29, 1.82) is 0 Å². The van der Waals surface area contributed by atoms with Crippen molar-refractivity contribution in [2.45, 2.75) is 63.9 Å². The maximum atomic E-state index is 11.0. The van der Waals surface area contributed by atoms with Crippen LogP contribution in [0.2, 0.25) is 0 Å². The molecule has 0 amide bonds. The first kappa shape index (κ1) is 11.9. The summed E-state index contributed by atoms with van der Waals surface area (Å²) >= 11 is 0. The minimum atomic E-state index is -0.915. The molecule has 1 heterocycles. The summed E-state index contributed by atoms with van der Waals surface area (Å²) in [5.41, 5.74) is 0. The van der Waals surface area contributed by atoms with Gasteiger partial charge in [0.15, 0.2) is 11.9 Å². The number of hydrogen-bond donors (Lipinski definition) is 1. The van der Waals surface area contributed by atoms with Crippen molar-refractivity contribution in [3.8, 4) is 0 Å². The third-order valence-corrected chi connectivity index (χ3v) is 3.58. The smallest absolute Gasteiger partial charge is 0.335 e. The lowest BCUT2D eigenvalue weighted by Crippen LogP contribution is -2.33. The first-order chi connectivity index (χ1) is 7.52. The summed E-state index contributed by atoms with van der Waals surface area (Å²) in [7, 11) is 0. The molecule has 1 aliphatic heterocycles. The Morgan fingerprint density at radius 3 is 2.69 bits per heavy atom. The monoisotopic (exact) mass is 228 g/mol. The van der Waals surface area contributed by atoms with Gasteiger partial charge >= 0.3 is 5.97 Å². The first-order valence-corrected chi connectivity index (χ1v) is 6.11. The molecule has 0 aromatic heterocycles. The fraction of sp³-hybridized carbons (Fsp3) is 0.917. The van der Waals surface area contributed by atoms with E-state index in [1.54, 1.807) is 6.92 Å². The molecule has 1 saturated carbocycles. The van der Waals surface area contributed by atoms with E-state index in [0.29, 0.717) is 5.92 Å². The van der Waals surface area contributed by atoms with Gasteiger partial charge in [-0.1, -0.05) is 19.8 Å². The van der Waals surface area contributed by atoms with Crippen molar-refractivity contribution in [3.63, 3.8) is 0 Å². The molecule has 4 atom stereocenters. The van der Waals surface area contributed by atoms with Crippen LogP contribution in [0.3, 0.4) is 0 Å². The highest BCUT2D eigenvalue weighted by Gasteiger charge is 2.49. The fourth-order valence-corrected chi connectivity index (χ4v) is 2.84. The quantitative estimate of drug-likeness (QED) is 0.747. The summed E-state index contributed by atoms with van der Waals surface area (Å²) in [5, 5.41) is 9.03. The molecule has 2 rings (SSSR count). The van der Waals surface area contributed by atoms with Gasteiger partial charge in [-0.2, -0.15) is 0 Å². The topological polar surface area (TPSA) is 55.8 Å². The van der Waals surface area contributed by atoms with E-state index in [-0.39, 0.29) is 6.10 Å². The van der Waals surface area contributed by atoms with Gasteiger partial charge in [-0.15, -0.1) is 0 Å². The number of carboxylic acids is 1. The lowest BCUT2D eigenvalue weighted by atomic mass is 9.99. The van der Waals surface area contributed by atoms with Gasteiger partial charge in [0, 0.05) is 12.8 Å². The molecule has 1 aliphatic carbocycles. The molecule has 0 radical (unpaired) electrons. The van der Waals surface area contributed by atoms with Gasteiger partial charge in [-0.05, 0) is 19.3 Å². The van der Waals surface area contributed by atoms with Crippen molar-refractivity contribution < 1.29 is 19.4 Å². The van der Waals surface area contributed by atoms with Crippen LogP contribution in [-0.4, -0.2) is 29.1 Å². The molecule has 92 valence electrons. The highest BCUT2D eigenvalue weighted by molar-refractivity contribution is 5.73. The Morgan fingerprint density at radius 2 is 2.06 bits per heavy atom. The minimum Gasteiger partial charge on any atom is -0.479 e. The Hall–Kier alpha value is -0.610. The van der Waals surface area contributed by atoms with Gasteiger partial charge in [-0.3, -0.25) is 0 Å². The summed E-state index contributed by atoms with van der Waals surface area (Å²) in [6.07, 6.45) is 3.92. The Bertz CT molecular complexity index is 278. The predicted molar refractivity (Wildman–Crippen MR) is 58.0 cm³/mol. The van der Waals surface area contributed by atoms with Crippen LogP contribution in [0, 0.1) is 5.92 Å². The second-order valence-corrected chi connectivity index (χ2v) is 5.17. The standard InChI is InChI=1S/C12H20O4/c1-8-5-3-4-6-12(7-8)15-9(2)10(16-12)11(13)14/h8-10H,3-7H2,1-2H3,(H,13,14). The normalized spacial score (nSPS) is 44.5. The Balaban J connectivity index is 2.11. The zero-order valence-electron chi connectivity index (χ0n) is 9.94. The van der Waals surface area contributed by atoms with E-state index in [2.05, 4.69) is 6.92 Å². The Morgan fingerprint density at radius 1 is 1.31 bits per heavy atom. The van der Waals surface area contributed by atoms with Crippen molar-refractivity contribution in [2.24, 2.45) is 5.92 Å². The van der Waals surface area contributed by atoms with Crippen molar-refractivity contribution in [2.75, 3.05) is 0 Å². The molecule has 2 fully saturated rings. The largest absolute Gasteiger partial charge is 0.479 e. The summed E-state index contributed by atoms with van der Waals surface area (Å²) < 4.78 is 11.5. The van der Waals surface area contributed by atoms with Crippen LogP contribution in [0.5, 0.6) is 0 Å². The molecular weight excluding hydrogens is 208 g/mol. The third kappa shape index (κ3) is 2.23. The molecular formula is C12H20O4. The first-order valence-electron chi connectivity index (χ1n) is 6.11. The lowest BCUT2D eigenvalue weighted by Gasteiger charge is -2.28. The molecule has 1 spiro atoms. The molecule has 4 unspecified atom stereocenters. The highest BCUT2D eigenvalue weighted by Crippen LogP contribution is 2.41. The maximum absolute atomic E-state index is 11.0. The Labute approximate surface area is 95.9 Å². The molecule has 4 heteroatoms. The van der Waals surface area contributed by atoms with Crippen molar-refractivity contribution >= 4 is 5.97 Å². The number of ether oxygens (including phenoxy) is 2. The van der Waals surface area contributed by atoms with E-state index in [0.717, 1.165) is 19.3 Å². The lowest BCUT2D eigenvalue weighted by molar-refractivity contribution is -0.193. The van der Waals surface area contributed by atoms with Crippen LogP contribution in [0.4, 0.5) is 0 Å². The number of hydrogen-bond acceptors (Lipinski definition) is 3. The SMILES string of the molecule is CC1CCCCC2(C1)OC(C)C(C(=O)O)O2. The summed E-state index contributed by atoms with van der Waals surface area (Å²) in [6.45, 7) is 3.96. The third-order valence-electron chi connectivity index (χ3n) is 3.58. The number of carboxylic acid groups (broad SMARTS) is 1. The Kier molecular flexibility index (Phi) is 3.22. The zero-order valence-corrected chi connectivity index (χ0v) is 9.94. The van der Waals surface area contributed by atoms with Gasteiger partial charge in [0.25, 0.3) is 0 Å². The molecule has 4 nitrogen and oxygen atoms in total. The van der Waals surface area contributed by atoms with E-state index in [4.69, 9.17) is 14.6 Å². The predicted octanol–water partition coefficient (Wildman–Crippen LogP) is 2.17. The number of carbonyl (C=O) groups is 1. The van der Waals surface area contributed by atoms with Crippen molar-refractivity contribution in [3.05, 3.63) is 0 Å². The highest BCUT2D eigenvalue weighted by atomic mass is 16.8. The minimum absolute atomic E-state index is 0.345. The second kappa shape index (κ2) is 4.34. The summed E-state index contributed by atoms with van der Waals surface area (Å²) in [4.78, 5) is 11.0. The van der Waals surface area contributed by atoms with E-state index in [1.165, 1.54) is 12.8 Å². The van der Waals surface area contributed by atoms with Gasteiger partial charge in [0.05, 0.1) is 6.10 Å². The zero-order chi connectivity index (χ0) is 11.8. The second-order valence-electron chi connectivity index (χ2n) is 5.17. The van der Waals surface area contributed by atoms with E-state index in [1.807, 2.05) is 0 Å². The van der Waals surface area contributed by atoms with Crippen LogP contribution in [-0.2, 0) is 14.3 Å². The van der Waals surface area contributed by atoms with Gasteiger partial charge in [0.1, 0.15) is 0 Å². The van der Waals surface area contributed by atoms with Crippen LogP contribution in [0.15, 0.2) is 0 Å². The average molecular weight is 228 g/mol. The maximum Gasteiger partial charge on any atom is 0.335 e. The van der Waals surface area contributed by atoms with Crippen LogP contribution < -0.4 is 0 Å². The van der Waals surface area contributed by atoms with Crippen LogP contribution >= 0.6 is 0 Å². The van der Waals surface area contributed by atoms with Gasteiger partial charge in [-0.25, -0.2) is 4.79 Å². The van der Waals surface area contributed by atoms with Crippen molar-refractivity contribution in [1.82, 2.24) is 0 Å². The summed E-state index contributed by atoms with van der Waals surface area (Å²) in [6, 6.07) is 0. The van der Waals surface area contributed by atoms with Gasteiger partial charge < -0.3 is 14.6 Å².